The Balaban J connectivity index is 2.69. The van der Waals surface area contributed by atoms with Gasteiger partial charge in [-0.25, -0.2) is 0 Å². The standard InChI is InChI=1S/C10H11NO4/c11-8(10(14)15)5-9(13)6-1-3-7(12)4-2-6/h1-4,8,12H,5,11H2,(H,14,15). The number of aliphatic carboxylic acids is 1. The van der Waals surface area contributed by atoms with Crippen molar-refractivity contribution >= 4 is 11.8 Å². The molecule has 5 nitrogen and oxygen atoms in total. The third-order valence-electron chi connectivity index (χ3n) is 1.91. The minimum absolute atomic E-state index is 0.0501. The predicted molar refractivity (Wildman–Crippen MR) is 52.7 cm³/mol. The molecule has 0 bridgehead atoms. The maximum absolute atomic E-state index is 11.4. The van der Waals surface area contributed by atoms with Gasteiger partial charge < -0.3 is 15.9 Å². The first kappa shape index (κ1) is 11.2. The maximum Gasteiger partial charge on any atom is 0.320 e. The molecule has 0 aromatic heterocycles. The Hall–Kier alpha value is -1.88. The van der Waals surface area contributed by atoms with Crippen LogP contribution < -0.4 is 5.73 Å². The van der Waals surface area contributed by atoms with E-state index in [0.717, 1.165) is 0 Å². The third kappa shape index (κ3) is 3.07. The highest BCUT2D eigenvalue weighted by Gasteiger charge is 2.17. The molecule has 1 aromatic rings. The molecule has 0 saturated carbocycles. The number of phenols is 1. The summed E-state index contributed by atoms with van der Waals surface area (Å²) >= 11 is 0. The van der Waals surface area contributed by atoms with Gasteiger partial charge >= 0.3 is 5.97 Å². The SMILES string of the molecule is NC(CC(=O)c1ccc(O)cc1)C(=O)O. The normalized spacial score (nSPS) is 12.1. The Kier molecular flexibility index (Phi) is 3.41. The van der Waals surface area contributed by atoms with Crippen LogP contribution in [-0.2, 0) is 4.79 Å². The number of ketones is 1. The van der Waals surface area contributed by atoms with Crippen molar-refractivity contribution in [1.29, 1.82) is 0 Å². The van der Waals surface area contributed by atoms with Crippen LogP contribution in [0.1, 0.15) is 16.8 Å². The van der Waals surface area contributed by atoms with E-state index >= 15 is 0 Å². The van der Waals surface area contributed by atoms with Crippen molar-refractivity contribution in [3.05, 3.63) is 29.8 Å². The average molecular weight is 209 g/mol. The lowest BCUT2D eigenvalue weighted by atomic mass is 10.0. The number of aromatic hydroxyl groups is 1. The van der Waals surface area contributed by atoms with Gasteiger partial charge in [-0.1, -0.05) is 0 Å². The lowest BCUT2D eigenvalue weighted by Gasteiger charge is -2.05. The summed E-state index contributed by atoms with van der Waals surface area (Å²) in [6.07, 6.45) is -0.250. The van der Waals surface area contributed by atoms with Gasteiger partial charge in [-0.2, -0.15) is 0 Å². The van der Waals surface area contributed by atoms with Gasteiger partial charge in [-0.3, -0.25) is 9.59 Å². The number of hydrogen-bond acceptors (Lipinski definition) is 4. The third-order valence-corrected chi connectivity index (χ3v) is 1.91. The number of carbonyl (C=O) groups excluding carboxylic acids is 1. The second kappa shape index (κ2) is 4.56. The van der Waals surface area contributed by atoms with E-state index in [2.05, 4.69) is 0 Å². The van der Waals surface area contributed by atoms with E-state index < -0.39 is 12.0 Å². The number of hydrogen-bond donors (Lipinski definition) is 3. The highest BCUT2D eigenvalue weighted by atomic mass is 16.4. The van der Waals surface area contributed by atoms with Crippen LogP contribution in [-0.4, -0.2) is 28.0 Å². The molecule has 0 aliphatic heterocycles. The quantitative estimate of drug-likeness (QED) is 0.622. The lowest BCUT2D eigenvalue weighted by molar-refractivity contribution is -0.138. The molecule has 0 saturated heterocycles. The van der Waals surface area contributed by atoms with Crippen molar-refractivity contribution in [3.63, 3.8) is 0 Å². The minimum atomic E-state index is -1.21. The van der Waals surface area contributed by atoms with E-state index in [4.69, 9.17) is 15.9 Å². The molecule has 0 heterocycles. The second-order valence-corrected chi connectivity index (χ2v) is 3.12. The molecule has 0 aliphatic rings. The molecule has 5 heteroatoms. The van der Waals surface area contributed by atoms with Crippen molar-refractivity contribution in [3.8, 4) is 5.75 Å². The number of Topliss-reactive ketones (excluding diaryl/α,β-unsaturated/α-hetero) is 1. The Bertz CT molecular complexity index is 372. The summed E-state index contributed by atoms with van der Waals surface area (Å²) in [7, 11) is 0. The molecule has 80 valence electrons. The number of nitrogens with two attached hydrogens (primary N) is 1. The molecule has 1 rings (SSSR count). The van der Waals surface area contributed by atoms with Crippen molar-refractivity contribution in [2.45, 2.75) is 12.5 Å². The first-order valence-corrected chi connectivity index (χ1v) is 4.31. The monoisotopic (exact) mass is 209 g/mol. The van der Waals surface area contributed by atoms with E-state index in [9.17, 15) is 9.59 Å². The second-order valence-electron chi connectivity index (χ2n) is 3.12. The van der Waals surface area contributed by atoms with Crippen LogP contribution in [0.25, 0.3) is 0 Å². The van der Waals surface area contributed by atoms with E-state index in [1.807, 2.05) is 0 Å². The van der Waals surface area contributed by atoms with Gasteiger partial charge in [-0.05, 0) is 24.3 Å². The molecular formula is C10H11NO4. The molecular weight excluding hydrogens is 198 g/mol. The number of carboxylic acid groups (broad SMARTS) is 1. The smallest absolute Gasteiger partial charge is 0.320 e. The first-order valence-electron chi connectivity index (χ1n) is 4.31. The van der Waals surface area contributed by atoms with Gasteiger partial charge in [0.05, 0.1) is 0 Å². The van der Waals surface area contributed by atoms with Gasteiger partial charge in [0, 0.05) is 12.0 Å². The highest BCUT2D eigenvalue weighted by molar-refractivity contribution is 5.98. The Morgan fingerprint density at radius 3 is 2.27 bits per heavy atom. The van der Waals surface area contributed by atoms with Gasteiger partial charge in [0.1, 0.15) is 11.8 Å². The Morgan fingerprint density at radius 1 is 1.27 bits per heavy atom. The molecule has 1 unspecified atom stereocenters. The summed E-state index contributed by atoms with van der Waals surface area (Å²) < 4.78 is 0. The number of benzene rings is 1. The number of rotatable bonds is 4. The lowest BCUT2D eigenvalue weighted by Crippen LogP contribution is -2.32. The predicted octanol–water partition coefficient (Wildman–Crippen LogP) is 0.377. The summed E-state index contributed by atoms with van der Waals surface area (Å²) in [5.41, 5.74) is 5.55. The van der Waals surface area contributed by atoms with Crippen molar-refractivity contribution < 1.29 is 19.8 Å². The fraction of sp³-hybridized carbons (Fsp3) is 0.200. The molecule has 0 spiro atoms. The topological polar surface area (TPSA) is 101 Å². The van der Waals surface area contributed by atoms with Crippen LogP contribution in [0.2, 0.25) is 0 Å². The van der Waals surface area contributed by atoms with Crippen LogP contribution >= 0.6 is 0 Å². The van der Waals surface area contributed by atoms with E-state index in [1.165, 1.54) is 24.3 Å². The zero-order chi connectivity index (χ0) is 11.4. The highest BCUT2D eigenvalue weighted by Crippen LogP contribution is 2.11. The van der Waals surface area contributed by atoms with E-state index in [0.29, 0.717) is 5.56 Å². The molecule has 1 atom stereocenters. The van der Waals surface area contributed by atoms with Gasteiger partial charge in [0.15, 0.2) is 5.78 Å². The molecule has 0 aliphatic carbocycles. The van der Waals surface area contributed by atoms with Crippen LogP contribution in [0.15, 0.2) is 24.3 Å². The zero-order valence-electron chi connectivity index (χ0n) is 7.88. The average Bonchev–Trinajstić information content (AvgIpc) is 2.18. The molecule has 0 radical (unpaired) electrons. The number of carbonyl (C=O) groups is 2. The van der Waals surface area contributed by atoms with Crippen molar-refractivity contribution in [1.82, 2.24) is 0 Å². The van der Waals surface area contributed by atoms with Gasteiger partial charge in [-0.15, -0.1) is 0 Å². The van der Waals surface area contributed by atoms with Crippen LogP contribution in [0.4, 0.5) is 0 Å². The maximum atomic E-state index is 11.4. The minimum Gasteiger partial charge on any atom is -0.508 e. The summed E-state index contributed by atoms with van der Waals surface area (Å²) in [6.45, 7) is 0. The fourth-order valence-corrected chi connectivity index (χ4v) is 1.05. The van der Waals surface area contributed by atoms with E-state index in [1.54, 1.807) is 0 Å². The summed E-state index contributed by atoms with van der Waals surface area (Å²) in [5, 5.41) is 17.5. The Labute approximate surface area is 86.1 Å². The van der Waals surface area contributed by atoms with Crippen molar-refractivity contribution in [2.24, 2.45) is 5.73 Å². The van der Waals surface area contributed by atoms with Gasteiger partial charge in [0.25, 0.3) is 0 Å². The molecule has 0 fully saturated rings. The van der Waals surface area contributed by atoms with Crippen LogP contribution in [0.3, 0.4) is 0 Å². The molecule has 0 amide bonds. The van der Waals surface area contributed by atoms with Crippen LogP contribution in [0.5, 0.6) is 5.75 Å². The molecule has 4 N–H and O–H groups in total. The summed E-state index contributed by atoms with van der Waals surface area (Å²) in [5.74, 6) is -1.51. The molecule has 15 heavy (non-hydrogen) atoms. The van der Waals surface area contributed by atoms with Crippen LogP contribution in [0, 0.1) is 0 Å². The Morgan fingerprint density at radius 2 is 1.80 bits per heavy atom. The fourth-order valence-electron chi connectivity index (χ4n) is 1.05. The van der Waals surface area contributed by atoms with Gasteiger partial charge in [0.2, 0.25) is 0 Å². The summed E-state index contributed by atoms with van der Waals surface area (Å²) in [6, 6.07) is 4.38. The number of carboxylic acids is 1. The largest absolute Gasteiger partial charge is 0.508 e. The molecule has 1 aromatic carbocycles. The first-order chi connectivity index (χ1) is 7.00. The van der Waals surface area contributed by atoms with Crippen molar-refractivity contribution in [2.75, 3.05) is 0 Å². The van der Waals surface area contributed by atoms with E-state index in [-0.39, 0.29) is 18.0 Å². The zero-order valence-corrected chi connectivity index (χ0v) is 7.88. The number of phenolic OH excluding ortho intramolecular Hbond substituents is 1. The summed E-state index contributed by atoms with van der Waals surface area (Å²) in [4.78, 5) is 21.8.